The molecule has 0 spiro atoms. The number of halogens is 1. The first-order valence-corrected chi connectivity index (χ1v) is 10.9. The number of fused-ring (bicyclic) bond motifs is 2. The Morgan fingerprint density at radius 2 is 2.07 bits per heavy atom. The van der Waals surface area contributed by atoms with Crippen LogP contribution in [0.25, 0.3) is 10.2 Å². The highest BCUT2D eigenvalue weighted by atomic mass is 79.9. The number of thiophene rings is 1. The summed E-state index contributed by atoms with van der Waals surface area (Å²) in [4.78, 5) is 31.0. The number of aryl methyl sites for hydroxylation is 2. The molecule has 146 valence electrons. The van der Waals surface area contributed by atoms with Crippen LogP contribution in [0.1, 0.15) is 31.2 Å². The van der Waals surface area contributed by atoms with E-state index in [-0.39, 0.29) is 11.6 Å². The Hall–Kier alpha value is -2.19. The molecular weight excluding hydrogens is 440 g/mol. The number of aromatic nitrogens is 2. The van der Waals surface area contributed by atoms with E-state index in [4.69, 9.17) is 4.98 Å². The molecule has 1 aliphatic rings. The maximum Gasteiger partial charge on any atom is 0.324 e. The van der Waals surface area contributed by atoms with Gasteiger partial charge in [-0.25, -0.2) is 9.78 Å². The second-order valence-electron chi connectivity index (χ2n) is 7.21. The van der Waals surface area contributed by atoms with Crippen molar-refractivity contribution in [2.75, 3.05) is 10.6 Å². The number of nitrogens with zero attached hydrogens (tertiary/aromatic N) is 2. The first kappa shape index (κ1) is 19.1. The molecular formula is C20H21BrN4O2S. The summed E-state index contributed by atoms with van der Waals surface area (Å²) < 4.78 is 2.62. The number of carbonyl (C=O) groups is 1. The minimum absolute atomic E-state index is 0.00196. The molecule has 3 aromatic rings. The molecule has 28 heavy (non-hydrogen) atoms. The summed E-state index contributed by atoms with van der Waals surface area (Å²) >= 11 is 4.77. The van der Waals surface area contributed by atoms with Gasteiger partial charge in [0.1, 0.15) is 15.7 Å². The predicted octanol–water partition coefficient (Wildman–Crippen LogP) is 5.15. The average Bonchev–Trinajstić information content (AvgIpc) is 2.83. The fraction of sp³-hybridized carbons (Fsp3) is 0.350. The van der Waals surface area contributed by atoms with Gasteiger partial charge in [-0.2, -0.15) is 0 Å². The monoisotopic (exact) mass is 460 g/mol. The van der Waals surface area contributed by atoms with Gasteiger partial charge in [-0.15, -0.1) is 0 Å². The van der Waals surface area contributed by atoms with Crippen molar-refractivity contribution in [1.29, 1.82) is 0 Å². The lowest BCUT2D eigenvalue weighted by atomic mass is 10.0. The Labute approximate surface area is 175 Å². The number of anilines is 2. The maximum atomic E-state index is 13.1. The Bertz CT molecular complexity index is 1120. The molecule has 6 nitrogen and oxygen atoms in total. The second kappa shape index (κ2) is 7.67. The number of carbonyl (C=O) groups excluding carboxylic acids is 1. The van der Waals surface area contributed by atoms with Crippen molar-refractivity contribution in [3.63, 3.8) is 0 Å². The summed E-state index contributed by atoms with van der Waals surface area (Å²) in [5.41, 5.74) is 1.45. The largest absolute Gasteiger partial charge is 0.324 e. The molecule has 0 saturated carbocycles. The predicted molar refractivity (Wildman–Crippen MR) is 118 cm³/mol. The van der Waals surface area contributed by atoms with Crippen LogP contribution >= 0.6 is 27.3 Å². The fourth-order valence-electron chi connectivity index (χ4n) is 3.49. The number of hydrogen-bond donors (Lipinski definition) is 2. The normalized spacial score (nSPS) is 16.5. The van der Waals surface area contributed by atoms with Gasteiger partial charge in [0.05, 0.1) is 11.1 Å². The molecule has 0 unspecified atom stereocenters. The zero-order chi connectivity index (χ0) is 19.8. The van der Waals surface area contributed by atoms with Crippen LogP contribution in [-0.2, 0) is 13.0 Å². The van der Waals surface area contributed by atoms with Gasteiger partial charge in [-0.05, 0) is 59.3 Å². The lowest BCUT2D eigenvalue weighted by molar-refractivity contribution is 0.262. The second-order valence-corrected chi connectivity index (χ2v) is 9.07. The Morgan fingerprint density at radius 1 is 1.29 bits per heavy atom. The first-order valence-electron chi connectivity index (χ1n) is 9.29. The van der Waals surface area contributed by atoms with E-state index in [1.165, 1.54) is 11.3 Å². The third-order valence-corrected chi connectivity index (χ3v) is 6.98. The Balaban J connectivity index is 1.65. The van der Waals surface area contributed by atoms with Crippen LogP contribution in [0.3, 0.4) is 0 Å². The number of rotatable bonds is 2. The summed E-state index contributed by atoms with van der Waals surface area (Å²) in [5.74, 6) is 1.45. The van der Waals surface area contributed by atoms with Gasteiger partial charge in [0.15, 0.2) is 0 Å². The topological polar surface area (TPSA) is 76.0 Å². The van der Waals surface area contributed by atoms with Crippen LogP contribution in [0, 0.1) is 12.8 Å². The lowest BCUT2D eigenvalue weighted by Gasteiger charge is -2.09. The third kappa shape index (κ3) is 3.58. The molecule has 0 aliphatic carbocycles. The molecule has 0 bridgehead atoms. The van der Waals surface area contributed by atoms with Crippen LogP contribution in [0.15, 0.2) is 33.5 Å². The van der Waals surface area contributed by atoms with E-state index in [1.54, 1.807) is 0 Å². The highest BCUT2D eigenvalue weighted by molar-refractivity contribution is 9.10. The summed E-state index contributed by atoms with van der Waals surface area (Å²) in [6, 6.07) is 7.06. The quantitative estimate of drug-likeness (QED) is 0.555. The zero-order valence-electron chi connectivity index (χ0n) is 15.7. The van der Waals surface area contributed by atoms with Gasteiger partial charge < -0.3 is 5.32 Å². The molecule has 0 radical (unpaired) electrons. The molecule has 2 amide bonds. The zero-order valence-corrected chi connectivity index (χ0v) is 18.1. The SMILES string of the molecule is Cc1c(NC(=O)Nc2ccccc2Br)sc2nc3n(c(=O)c12)CC[C@H](C)CC3. The smallest absolute Gasteiger partial charge is 0.307 e. The number of amides is 2. The molecule has 3 heterocycles. The highest BCUT2D eigenvalue weighted by Gasteiger charge is 2.21. The van der Waals surface area contributed by atoms with E-state index in [0.29, 0.717) is 33.4 Å². The van der Waals surface area contributed by atoms with E-state index in [2.05, 4.69) is 33.5 Å². The molecule has 1 atom stereocenters. The number of para-hydroxylation sites is 1. The van der Waals surface area contributed by atoms with Crippen molar-refractivity contribution >= 4 is 54.2 Å². The summed E-state index contributed by atoms with van der Waals surface area (Å²) in [6.07, 6.45) is 2.85. The van der Waals surface area contributed by atoms with Gasteiger partial charge in [-0.1, -0.05) is 30.4 Å². The summed E-state index contributed by atoms with van der Waals surface area (Å²) in [5, 5.41) is 6.95. The van der Waals surface area contributed by atoms with Gasteiger partial charge in [-0.3, -0.25) is 14.7 Å². The van der Waals surface area contributed by atoms with E-state index < -0.39 is 0 Å². The van der Waals surface area contributed by atoms with Crippen molar-refractivity contribution in [1.82, 2.24) is 9.55 Å². The van der Waals surface area contributed by atoms with E-state index in [0.717, 1.165) is 35.1 Å². The minimum Gasteiger partial charge on any atom is -0.307 e. The van der Waals surface area contributed by atoms with Crippen LogP contribution < -0.4 is 16.2 Å². The van der Waals surface area contributed by atoms with Crippen molar-refractivity contribution in [2.24, 2.45) is 5.92 Å². The van der Waals surface area contributed by atoms with E-state index in [1.807, 2.05) is 35.8 Å². The first-order chi connectivity index (χ1) is 13.4. The van der Waals surface area contributed by atoms with Crippen molar-refractivity contribution in [3.8, 4) is 0 Å². The van der Waals surface area contributed by atoms with Crippen LogP contribution in [-0.4, -0.2) is 15.6 Å². The molecule has 2 aromatic heterocycles. The number of hydrogen-bond acceptors (Lipinski definition) is 4. The highest BCUT2D eigenvalue weighted by Crippen LogP contribution is 2.33. The van der Waals surface area contributed by atoms with Crippen LogP contribution in [0.4, 0.5) is 15.5 Å². The molecule has 1 aromatic carbocycles. The molecule has 8 heteroatoms. The maximum absolute atomic E-state index is 13.1. The standard InChI is InChI=1S/C20H21BrN4O2S/c1-11-7-8-15-23-18-16(19(26)25(15)10-9-11)12(2)17(28-18)24-20(27)22-14-6-4-3-5-13(14)21/h3-6,11H,7-10H2,1-2H3,(H2,22,24,27)/t11-/m1/s1. The molecule has 2 N–H and O–H groups in total. The molecule has 0 saturated heterocycles. The Morgan fingerprint density at radius 3 is 2.86 bits per heavy atom. The lowest BCUT2D eigenvalue weighted by Crippen LogP contribution is -2.24. The number of benzene rings is 1. The van der Waals surface area contributed by atoms with E-state index in [9.17, 15) is 9.59 Å². The minimum atomic E-state index is -0.350. The summed E-state index contributed by atoms with van der Waals surface area (Å²) in [6.45, 7) is 4.79. The third-order valence-electron chi connectivity index (χ3n) is 5.18. The van der Waals surface area contributed by atoms with Gasteiger partial charge in [0.2, 0.25) is 0 Å². The Kier molecular flexibility index (Phi) is 5.25. The molecule has 0 fully saturated rings. The van der Waals surface area contributed by atoms with Crippen LogP contribution in [0.2, 0.25) is 0 Å². The van der Waals surface area contributed by atoms with Crippen molar-refractivity contribution in [3.05, 3.63) is 50.5 Å². The van der Waals surface area contributed by atoms with Gasteiger partial charge in [0, 0.05) is 17.4 Å². The van der Waals surface area contributed by atoms with Crippen LogP contribution in [0.5, 0.6) is 0 Å². The van der Waals surface area contributed by atoms with Crippen molar-refractivity contribution < 1.29 is 4.79 Å². The number of nitrogens with one attached hydrogen (secondary N) is 2. The van der Waals surface area contributed by atoms with Crippen molar-refractivity contribution in [2.45, 2.75) is 39.7 Å². The average molecular weight is 461 g/mol. The fourth-order valence-corrected chi connectivity index (χ4v) is 4.96. The summed E-state index contributed by atoms with van der Waals surface area (Å²) in [7, 11) is 0. The van der Waals surface area contributed by atoms with Gasteiger partial charge >= 0.3 is 6.03 Å². The van der Waals surface area contributed by atoms with E-state index >= 15 is 0 Å². The number of urea groups is 1. The van der Waals surface area contributed by atoms with Gasteiger partial charge in [0.25, 0.3) is 5.56 Å². The molecule has 4 rings (SSSR count). The molecule has 1 aliphatic heterocycles.